The first-order valence-electron chi connectivity index (χ1n) is 12.4. The molecule has 0 aliphatic heterocycles. The molecule has 0 saturated carbocycles. The van der Waals surface area contributed by atoms with Gasteiger partial charge in [-0.25, -0.2) is 4.79 Å². The summed E-state index contributed by atoms with van der Waals surface area (Å²) in [6.45, 7) is 0.144. The number of primary amides is 2. The first-order valence-corrected chi connectivity index (χ1v) is 12.4. The number of nitrogens with two attached hydrogens (primary N) is 5. The minimum atomic E-state index is -1.36. The molecule has 4 atom stereocenters. The molecule has 0 fully saturated rings. The smallest absolute Gasteiger partial charge is 0.326 e. The van der Waals surface area contributed by atoms with Crippen molar-refractivity contribution in [3.05, 3.63) is 35.9 Å². The molecule has 0 aliphatic rings. The number of carbonyl (C=O) groups excluding carboxylic acids is 5. The van der Waals surface area contributed by atoms with Crippen molar-refractivity contribution in [1.29, 1.82) is 0 Å². The molecule has 0 aromatic heterocycles. The van der Waals surface area contributed by atoms with Gasteiger partial charge in [-0.1, -0.05) is 30.3 Å². The lowest BCUT2D eigenvalue weighted by Crippen LogP contribution is -2.58. The van der Waals surface area contributed by atoms with Crippen molar-refractivity contribution in [2.45, 2.75) is 62.7 Å². The molecule has 0 bridgehead atoms. The molecule has 1 aromatic carbocycles. The van der Waals surface area contributed by atoms with Gasteiger partial charge in [0.05, 0.1) is 12.5 Å². The second-order valence-corrected chi connectivity index (χ2v) is 8.94. The monoisotopic (exact) mass is 563 g/mol. The normalized spacial score (nSPS) is 13.5. The van der Waals surface area contributed by atoms with Crippen molar-refractivity contribution in [3.63, 3.8) is 0 Å². The number of amides is 5. The predicted octanol–water partition coefficient (Wildman–Crippen LogP) is -3.71. The van der Waals surface area contributed by atoms with Crippen LogP contribution in [0.25, 0.3) is 0 Å². The summed E-state index contributed by atoms with van der Waals surface area (Å²) in [6, 6.07) is 3.27. The topological polar surface area (TPSA) is 301 Å². The minimum Gasteiger partial charge on any atom is -0.480 e. The molecule has 0 aliphatic carbocycles. The van der Waals surface area contributed by atoms with Crippen LogP contribution in [0.15, 0.2) is 35.3 Å². The lowest BCUT2D eigenvalue weighted by Gasteiger charge is -2.25. The number of hydrogen-bond acceptors (Lipinski definition) is 8. The third kappa shape index (κ3) is 13.2. The van der Waals surface area contributed by atoms with Gasteiger partial charge >= 0.3 is 5.97 Å². The minimum absolute atomic E-state index is 0.00109. The van der Waals surface area contributed by atoms with Gasteiger partial charge in [-0.15, -0.1) is 0 Å². The van der Waals surface area contributed by atoms with Gasteiger partial charge in [0.1, 0.15) is 18.1 Å². The van der Waals surface area contributed by atoms with E-state index < -0.39 is 66.1 Å². The van der Waals surface area contributed by atoms with E-state index in [4.69, 9.17) is 28.7 Å². The van der Waals surface area contributed by atoms with E-state index >= 15 is 0 Å². The number of aliphatic imine (C=N–C) groups is 1. The zero-order valence-electron chi connectivity index (χ0n) is 21.9. The van der Waals surface area contributed by atoms with Gasteiger partial charge in [0.25, 0.3) is 0 Å². The van der Waals surface area contributed by atoms with E-state index in [1.807, 2.05) is 0 Å². The Bertz CT molecular complexity index is 1080. The molecule has 40 heavy (non-hydrogen) atoms. The average Bonchev–Trinajstić information content (AvgIpc) is 2.87. The quantitative estimate of drug-likeness (QED) is 0.0478. The summed E-state index contributed by atoms with van der Waals surface area (Å²) in [5.74, 6) is -5.62. The van der Waals surface area contributed by atoms with Gasteiger partial charge in [-0.3, -0.25) is 29.0 Å². The van der Waals surface area contributed by atoms with Crippen LogP contribution in [0.3, 0.4) is 0 Å². The number of carboxylic acids is 1. The first kappa shape index (κ1) is 33.3. The van der Waals surface area contributed by atoms with Gasteiger partial charge in [-0.05, 0) is 24.8 Å². The lowest BCUT2D eigenvalue weighted by molar-refractivity contribution is -0.142. The van der Waals surface area contributed by atoms with E-state index in [1.165, 1.54) is 0 Å². The maximum Gasteiger partial charge on any atom is 0.326 e. The van der Waals surface area contributed by atoms with Crippen LogP contribution in [0, 0.1) is 0 Å². The zero-order valence-corrected chi connectivity index (χ0v) is 21.9. The predicted molar refractivity (Wildman–Crippen MR) is 144 cm³/mol. The summed E-state index contributed by atoms with van der Waals surface area (Å²) in [7, 11) is 0. The molecule has 1 rings (SSSR count). The van der Waals surface area contributed by atoms with Crippen LogP contribution in [0.2, 0.25) is 0 Å². The maximum absolute atomic E-state index is 13.2. The van der Waals surface area contributed by atoms with Crippen LogP contribution < -0.4 is 44.6 Å². The highest BCUT2D eigenvalue weighted by molar-refractivity contribution is 5.95. The highest BCUT2D eigenvalue weighted by Gasteiger charge is 2.31. The largest absolute Gasteiger partial charge is 0.480 e. The molecule has 16 heteroatoms. The van der Waals surface area contributed by atoms with Crippen molar-refractivity contribution in [2.75, 3.05) is 6.54 Å². The number of benzene rings is 1. The Kier molecular flexibility index (Phi) is 14.1. The Morgan fingerprint density at radius 1 is 0.775 bits per heavy atom. The van der Waals surface area contributed by atoms with E-state index in [9.17, 15) is 33.9 Å². The second kappa shape index (κ2) is 17.0. The fourth-order valence-electron chi connectivity index (χ4n) is 3.51. The maximum atomic E-state index is 13.2. The number of nitrogens with zero attached hydrogens (tertiary/aromatic N) is 1. The van der Waals surface area contributed by atoms with Crippen LogP contribution in [-0.2, 0) is 35.2 Å². The van der Waals surface area contributed by atoms with Gasteiger partial charge in [-0.2, -0.15) is 0 Å². The Labute approximate surface area is 230 Å². The summed E-state index contributed by atoms with van der Waals surface area (Å²) >= 11 is 0. The number of rotatable bonds is 18. The summed E-state index contributed by atoms with van der Waals surface area (Å²) in [4.78, 5) is 76.8. The Hall–Kier alpha value is -4.73. The third-order valence-corrected chi connectivity index (χ3v) is 5.55. The lowest BCUT2D eigenvalue weighted by atomic mass is 10.0. The fraction of sp³-hybridized carbons (Fsp3) is 0.458. The Morgan fingerprint density at radius 3 is 1.90 bits per heavy atom. The molecular weight excluding hydrogens is 526 g/mol. The summed E-state index contributed by atoms with van der Waals surface area (Å²) in [5.41, 5.74) is 27.1. The molecule has 0 radical (unpaired) electrons. The van der Waals surface area contributed by atoms with Crippen LogP contribution >= 0.6 is 0 Å². The number of carboxylic acid groups (broad SMARTS) is 1. The highest BCUT2D eigenvalue weighted by Crippen LogP contribution is 2.08. The number of hydrogen-bond donors (Lipinski definition) is 9. The first-order chi connectivity index (χ1) is 18.8. The number of carbonyl (C=O) groups is 6. The molecule has 5 amide bonds. The van der Waals surface area contributed by atoms with Gasteiger partial charge in [0, 0.05) is 19.4 Å². The molecule has 0 saturated heterocycles. The summed E-state index contributed by atoms with van der Waals surface area (Å²) in [5, 5.41) is 16.8. The van der Waals surface area contributed by atoms with Crippen molar-refractivity contribution in [1.82, 2.24) is 16.0 Å². The van der Waals surface area contributed by atoms with Crippen LogP contribution in [0.4, 0.5) is 0 Å². The van der Waals surface area contributed by atoms with E-state index in [2.05, 4.69) is 20.9 Å². The van der Waals surface area contributed by atoms with Crippen LogP contribution in [-0.4, -0.2) is 77.3 Å². The molecule has 0 spiro atoms. The number of aliphatic carboxylic acids is 1. The van der Waals surface area contributed by atoms with Crippen molar-refractivity contribution in [2.24, 2.45) is 33.7 Å². The molecule has 14 N–H and O–H groups in total. The molecule has 16 nitrogen and oxygen atoms in total. The molecule has 4 unspecified atom stereocenters. The molecule has 220 valence electrons. The van der Waals surface area contributed by atoms with Crippen molar-refractivity contribution in [3.8, 4) is 0 Å². The van der Waals surface area contributed by atoms with Crippen LogP contribution in [0.5, 0.6) is 0 Å². The van der Waals surface area contributed by atoms with Gasteiger partial charge in [0.2, 0.25) is 29.5 Å². The van der Waals surface area contributed by atoms with Gasteiger partial charge in [0.15, 0.2) is 5.96 Å². The van der Waals surface area contributed by atoms with E-state index in [0.717, 1.165) is 0 Å². The van der Waals surface area contributed by atoms with Crippen LogP contribution in [0.1, 0.15) is 37.7 Å². The second-order valence-electron chi connectivity index (χ2n) is 8.94. The van der Waals surface area contributed by atoms with E-state index in [1.54, 1.807) is 30.3 Å². The summed E-state index contributed by atoms with van der Waals surface area (Å²) in [6.07, 6.45) is -0.809. The SMILES string of the molecule is NC(=O)CCC(NC(=O)C(N)CC(N)=O)C(=O)NC(Cc1ccccc1)C(=O)NC(CCCN=C(N)N)C(=O)O. The van der Waals surface area contributed by atoms with E-state index in [-0.39, 0.29) is 44.6 Å². The number of guanidine groups is 1. The Balaban J connectivity index is 3.12. The average molecular weight is 564 g/mol. The van der Waals surface area contributed by atoms with Crippen molar-refractivity contribution < 1.29 is 33.9 Å². The standard InChI is InChI=1S/C24H37N9O7/c25-14(12-19(27)35)20(36)31-15(8-9-18(26)34)21(37)33-17(11-13-5-2-1-3-6-13)22(38)32-16(23(39)40)7-4-10-30-24(28)29/h1-3,5-6,14-17H,4,7-12,25H2,(H2,26,34)(H2,27,35)(H,31,36)(H,32,38)(H,33,37)(H,39,40)(H4,28,29,30). The fourth-order valence-corrected chi connectivity index (χ4v) is 3.51. The molecule has 1 aromatic rings. The number of nitrogens with one attached hydrogen (secondary N) is 3. The van der Waals surface area contributed by atoms with E-state index in [0.29, 0.717) is 5.56 Å². The molecular formula is C24H37N9O7. The Morgan fingerprint density at radius 2 is 1.35 bits per heavy atom. The zero-order chi connectivity index (χ0) is 30.2. The summed E-state index contributed by atoms with van der Waals surface area (Å²) < 4.78 is 0. The van der Waals surface area contributed by atoms with Gasteiger partial charge < -0.3 is 49.7 Å². The molecule has 0 heterocycles. The third-order valence-electron chi connectivity index (χ3n) is 5.55. The highest BCUT2D eigenvalue weighted by atomic mass is 16.4. The van der Waals surface area contributed by atoms with Crippen molar-refractivity contribution >= 4 is 41.5 Å².